The Morgan fingerprint density at radius 2 is 1.81 bits per heavy atom. The summed E-state index contributed by atoms with van der Waals surface area (Å²) in [7, 11) is 0. The van der Waals surface area contributed by atoms with Crippen molar-refractivity contribution in [2.24, 2.45) is 11.1 Å². The molecule has 0 aromatic heterocycles. The van der Waals surface area contributed by atoms with E-state index >= 15 is 0 Å². The van der Waals surface area contributed by atoms with Gasteiger partial charge in [-0.25, -0.2) is 0 Å². The predicted molar refractivity (Wildman–Crippen MR) is 73.2 cm³/mol. The number of ether oxygens (including phenoxy) is 1. The largest absolute Gasteiger partial charge is 0.480 e. The van der Waals surface area contributed by atoms with Crippen molar-refractivity contribution in [1.82, 2.24) is 0 Å². The average molecular weight is 297 g/mol. The molecule has 0 aliphatic heterocycles. The lowest BCUT2D eigenvalue weighted by Gasteiger charge is -2.32. The van der Waals surface area contributed by atoms with E-state index in [1.807, 2.05) is 0 Å². The molecule has 7 heteroatoms. The van der Waals surface area contributed by atoms with Crippen LogP contribution in [0.25, 0.3) is 0 Å². The van der Waals surface area contributed by atoms with Gasteiger partial charge in [-0.05, 0) is 12.0 Å². The third kappa shape index (κ3) is 3.57. The molecule has 21 heavy (non-hydrogen) atoms. The van der Waals surface area contributed by atoms with E-state index in [4.69, 9.17) is 20.7 Å². The molecule has 0 saturated carbocycles. The molecule has 0 spiro atoms. The SMILES string of the molecule is NC(c1ccccc1)C(CCO)(C(=O)O)C(=O)OCCO. The summed E-state index contributed by atoms with van der Waals surface area (Å²) in [6.07, 6.45) is -0.386. The standard InChI is InChI=1S/C14H19NO6/c15-11(10-4-2-1-3-5-10)14(6-7-16,12(18)19)13(20)21-9-8-17/h1-5,11,16-17H,6-9,15H2,(H,18,19). The molecule has 0 heterocycles. The maximum absolute atomic E-state index is 12.2. The van der Waals surface area contributed by atoms with Gasteiger partial charge in [0, 0.05) is 6.61 Å². The highest BCUT2D eigenvalue weighted by atomic mass is 16.5. The predicted octanol–water partition coefficient (Wildman–Crippen LogP) is -0.325. The zero-order valence-electron chi connectivity index (χ0n) is 11.4. The molecule has 1 aromatic rings. The first-order valence-electron chi connectivity index (χ1n) is 6.43. The van der Waals surface area contributed by atoms with E-state index < -0.39 is 36.6 Å². The number of aliphatic carboxylic acids is 1. The molecule has 5 N–H and O–H groups in total. The van der Waals surface area contributed by atoms with Crippen LogP contribution in [0.1, 0.15) is 18.0 Å². The Balaban J connectivity index is 3.22. The summed E-state index contributed by atoms with van der Waals surface area (Å²) in [6.45, 7) is -1.30. The minimum absolute atomic E-state index is 0.333. The molecule has 0 aliphatic rings. The Morgan fingerprint density at radius 3 is 2.29 bits per heavy atom. The number of carboxylic acids is 1. The normalized spacial score (nSPS) is 15.0. The van der Waals surface area contributed by atoms with Crippen molar-refractivity contribution in [3.8, 4) is 0 Å². The Kier molecular flexibility index (Phi) is 6.29. The first-order valence-corrected chi connectivity index (χ1v) is 6.43. The number of esters is 1. The van der Waals surface area contributed by atoms with Crippen molar-refractivity contribution in [3.63, 3.8) is 0 Å². The summed E-state index contributed by atoms with van der Waals surface area (Å²) in [4.78, 5) is 23.8. The quantitative estimate of drug-likeness (QED) is 0.382. The van der Waals surface area contributed by atoms with Gasteiger partial charge in [0.05, 0.1) is 12.6 Å². The third-order valence-electron chi connectivity index (χ3n) is 3.27. The van der Waals surface area contributed by atoms with E-state index in [0.717, 1.165) is 0 Å². The lowest BCUT2D eigenvalue weighted by atomic mass is 9.74. The zero-order chi connectivity index (χ0) is 15.9. The zero-order valence-corrected chi connectivity index (χ0v) is 11.4. The van der Waals surface area contributed by atoms with Gasteiger partial charge in [-0.2, -0.15) is 0 Å². The van der Waals surface area contributed by atoms with Crippen LogP contribution in [0.5, 0.6) is 0 Å². The second kappa shape index (κ2) is 7.72. The van der Waals surface area contributed by atoms with Gasteiger partial charge in [-0.1, -0.05) is 30.3 Å². The van der Waals surface area contributed by atoms with Crippen molar-refractivity contribution in [2.45, 2.75) is 12.5 Å². The van der Waals surface area contributed by atoms with E-state index in [-0.39, 0.29) is 13.0 Å². The minimum atomic E-state index is -2.11. The highest BCUT2D eigenvalue weighted by Gasteiger charge is 2.53. The van der Waals surface area contributed by atoms with Gasteiger partial charge in [0.1, 0.15) is 6.61 Å². The lowest BCUT2D eigenvalue weighted by Crippen LogP contribution is -2.49. The van der Waals surface area contributed by atoms with Crippen LogP contribution < -0.4 is 5.73 Å². The molecule has 0 bridgehead atoms. The van der Waals surface area contributed by atoms with Crippen LogP contribution in [0.3, 0.4) is 0 Å². The van der Waals surface area contributed by atoms with Crippen LogP contribution in [-0.2, 0) is 14.3 Å². The maximum Gasteiger partial charge on any atom is 0.325 e. The fraction of sp³-hybridized carbons (Fsp3) is 0.429. The highest BCUT2D eigenvalue weighted by molar-refractivity contribution is 6.00. The van der Waals surface area contributed by atoms with Gasteiger partial charge in [-0.3, -0.25) is 9.59 Å². The van der Waals surface area contributed by atoms with Crippen LogP contribution in [0, 0.1) is 5.41 Å². The van der Waals surface area contributed by atoms with E-state index in [9.17, 15) is 14.7 Å². The van der Waals surface area contributed by atoms with E-state index in [1.165, 1.54) is 0 Å². The van der Waals surface area contributed by atoms with Gasteiger partial charge in [0.15, 0.2) is 5.41 Å². The van der Waals surface area contributed by atoms with Gasteiger partial charge < -0.3 is 25.8 Å². The van der Waals surface area contributed by atoms with Gasteiger partial charge in [0.25, 0.3) is 0 Å². The molecule has 2 atom stereocenters. The molecule has 1 rings (SSSR count). The third-order valence-corrected chi connectivity index (χ3v) is 3.27. The van der Waals surface area contributed by atoms with Crippen molar-refractivity contribution in [2.75, 3.05) is 19.8 Å². The first kappa shape index (κ1) is 17.1. The topological polar surface area (TPSA) is 130 Å². The number of aliphatic hydroxyl groups excluding tert-OH is 2. The van der Waals surface area contributed by atoms with E-state index in [1.54, 1.807) is 30.3 Å². The molecule has 0 aliphatic carbocycles. The molecule has 2 unspecified atom stereocenters. The van der Waals surface area contributed by atoms with Crippen LogP contribution in [0.15, 0.2) is 30.3 Å². The van der Waals surface area contributed by atoms with Crippen LogP contribution in [-0.4, -0.2) is 47.1 Å². The van der Waals surface area contributed by atoms with Crippen LogP contribution in [0.2, 0.25) is 0 Å². The maximum atomic E-state index is 12.2. The summed E-state index contributed by atoms with van der Waals surface area (Å²) < 4.78 is 4.75. The van der Waals surface area contributed by atoms with Crippen molar-refractivity contribution in [3.05, 3.63) is 35.9 Å². The van der Waals surface area contributed by atoms with Crippen LogP contribution in [0.4, 0.5) is 0 Å². The molecule has 7 nitrogen and oxygen atoms in total. The number of hydrogen-bond acceptors (Lipinski definition) is 6. The average Bonchev–Trinajstić information content (AvgIpc) is 2.50. The summed E-state index contributed by atoms with van der Waals surface area (Å²) in [6, 6.07) is 7.07. The number of nitrogens with two attached hydrogens (primary N) is 1. The number of carbonyl (C=O) groups excluding carboxylic acids is 1. The fourth-order valence-electron chi connectivity index (χ4n) is 2.10. The minimum Gasteiger partial charge on any atom is -0.480 e. The van der Waals surface area contributed by atoms with Gasteiger partial charge in [-0.15, -0.1) is 0 Å². The summed E-state index contributed by atoms with van der Waals surface area (Å²) in [5, 5.41) is 27.3. The van der Waals surface area contributed by atoms with Gasteiger partial charge in [0.2, 0.25) is 0 Å². The number of carboxylic acid groups (broad SMARTS) is 1. The van der Waals surface area contributed by atoms with Crippen molar-refractivity contribution in [1.29, 1.82) is 0 Å². The molecule has 0 amide bonds. The fourth-order valence-corrected chi connectivity index (χ4v) is 2.10. The Morgan fingerprint density at radius 1 is 1.19 bits per heavy atom. The molecule has 0 saturated heterocycles. The molecule has 0 radical (unpaired) electrons. The molecule has 116 valence electrons. The Bertz CT molecular complexity index is 478. The molecular weight excluding hydrogens is 278 g/mol. The van der Waals surface area contributed by atoms with Crippen LogP contribution >= 0.6 is 0 Å². The summed E-state index contributed by atoms with van der Waals surface area (Å²) >= 11 is 0. The molecular formula is C14H19NO6. The lowest BCUT2D eigenvalue weighted by molar-refractivity contribution is -0.173. The van der Waals surface area contributed by atoms with Gasteiger partial charge >= 0.3 is 11.9 Å². The Hall–Kier alpha value is -1.96. The highest BCUT2D eigenvalue weighted by Crippen LogP contribution is 2.37. The van der Waals surface area contributed by atoms with E-state index in [2.05, 4.69) is 0 Å². The monoisotopic (exact) mass is 297 g/mol. The number of aliphatic hydroxyl groups is 2. The second-order valence-electron chi connectivity index (χ2n) is 4.50. The van der Waals surface area contributed by atoms with Crippen molar-refractivity contribution >= 4 is 11.9 Å². The second-order valence-corrected chi connectivity index (χ2v) is 4.50. The number of benzene rings is 1. The summed E-state index contributed by atoms with van der Waals surface area (Å²) in [5.41, 5.74) is 4.31. The number of rotatable bonds is 8. The Labute approximate surface area is 122 Å². The van der Waals surface area contributed by atoms with Crippen molar-refractivity contribution < 1.29 is 29.6 Å². The summed E-state index contributed by atoms with van der Waals surface area (Å²) in [5.74, 6) is -2.55. The molecule has 0 fully saturated rings. The molecule has 1 aromatic carbocycles. The first-order chi connectivity index (χ1) is 10.0. The smallest absolute Gasteiger partial charge is 0.325 e. The number of carbonyl (C=O) groups is 2. The number of hydrogen-bond donors (Lipinski definition) is 4. The van der Waals surface area contributed by atoms with E-state index in [0.29, 0.717) is 5.56 Å².